The van der Waals surface area contributed by atoms with Gasteiger partial charge in [0, 0.05) is 23.2 Å². The molecule has 0 unspecified atom stereocenters. The van der Waals surface area contributed by atoms with Crippen molar-refractivity contribution < 1.29 is 21.6 Å². The second-order valence-corrected chi connectivity index (χ2v) is 10.8. The molecule has 0 bridgehead atoms. The lowest BCUT2D eigenvalue weighted by molar-refractivity contribution is 0.151. The Hall–Kier alpha value is -3.77. The lowest BCUT2D eigenvalue weighted by Gasteiger charge is -2.13. The first-order chi connectivity index (χ1) is 17.1. The van der Waals surface area contributed by atoms with Gasteiger partial charge in [-0.1, -0.05) is 18.2 Å². The number of benzene rings is 2. The van der Waals surface area contributed by atoms with E-state index in [2.05, 4.69) is 25.5 Å². The van der Waals surface area contributed by atoms with Crippen LogP contribution in [0.4, 0.5) is 14.6 Å². The summed E-state index contributed by atoms with van der Waals surface area (Å²) in [6.45, 7) is 3.68. The average molecular weight is 515 g/mol. The molecule has 3 N–H and O–H groups in total. The number of rotatable bonds is 8. The summed E-state index contributed by atoms with van der Waals surface area (Å²) in [4.78, 5) is 8.22. The highest BCUT2D eigenvalue weighted by atomic mass is 32.2. The summed E-state index contributed by atoms with van der Waals surface area (Å²) < 4.78 is 58.6. The highest BCUT2D eigenvalue weighted by molar-refractivity contribution is 7.92. The van der Waals surface area contributed by atoms with E-state index in [9.17, 15) is 17.2 Å². The van der Waals surface area contributed by atoms with Gasteiger partial charge in [-0.05, 0) is 50.7 Å². The van der Waals surface area contributed by atoms with E-state index in [1.54, 1.807) is 0 Å². The smallest absolute Gasteiger partial charge is 0.270 e. The molecule has 0 amide bonds. The van der Waals surface area contributed by atoms with Crippen molar-refractivity contribution in [3.05, 3.63) is 59.8 Å². The monoisotopic (exact) mass is 514 g/mol. The zero-order chi connectivity index (χ0) is 26.0. The van der Waals surface area contributed by atoms with Crippen LogP contribution >= 0.6 is 0 Å². The molecule has 0 saturated carbocycles. The van der Waals surface area contributed by atoms with Crippen LogP contribution in [0.2, 0.25) is 0 Å². The van der Waals surface area contributed by atoms with Crippen molar-refractivity contribution >= 4 is 15.7 Å². The van der Waals surface area contributed by atoms with Gasteiger partial charge in [0.2, 0.25) is 5.89 Å². The SMILES string of the molecule is CNCc1ccc(-c2nnc(-c3nc(-c4ccc(S(=O)(=O)C(C)C)cc4C(F)F)cnc3N)o2)cc1. The molecular weight excluding hydrogens is 490 g/mol. The molecule has 2 heterocycles. The van der Waals surface area contributed by atoms with Gasteiger partial charge in [0.25, 0.3) is 12.3 Å². The van der Waals surface area contributed by atoms with E-state index in [1.807, 2.05) is 31.3 Å². The van der Waals surface area contributed by atoms with Crippen molar-refractivity contribution in [3.8, 4) is 34.3 Å². The molecule has 0 aliphatic rings. The summed E-state index contributed by atoms with van der Waals surface area (Å²) in [6, 6.07) is 11.0. The van der Waals surface area contributed by atoms with Crippen LogP contribution in [-0.4, -0.2) is 40.9 Å². The van der Waals surface area contributed by atoms with Crippen molar-refractivity contribution in [2.24, 2.45) is 0 Å². The normalized spacial score (nSPS) is 12.0. The van der Waals surface area contributed by atoms with E-state index >= 15 is 0 Å². The van der Waals surface area contributed by atoms with Gasteiger partial charge in [-0.15, -0.1) is 10.2 Å². The van der Waals surface area contributed by atoms with Crippen LogP contribution in [0.15, 0.2) is 58.0 Å². The summed E-state index contributed by atoms with van der Waals surface area (Å²) in [5.41, 5.74) is 7.33. The number of halogens is 2. The van der Waals surface area contributed by atoms with Crippen LogP contribution in [0.3, 0.4) is 0 Å². The van der Waals surface area contributed by atoms with Crippen LogP contribution in [0, 0.1) is 0 Å². The average Bonchev–Trinajstić information content (AvgIpc) is 3.34. The topological polar surface area (TPSA) is 137 Å². The van der Waals surface area contributed by atoms with Gasteiger partial charge in [-0.2, -0.15) is 0 Å². The lowest BCUT2D eigenvalue weighted by Crippen LogP contribution is -2.14. The number of hydrogen-bond donors (Lipinski definition) is 2. The van der Waals surface area contributed by atoms with E-state index in [-0.39, 0.29) is 39.4 Å². The number of alkyl halides is 2. The van der Waals surface area contributed by atoms with E-state index in [1.165, 1.54) is 32.2 Å². The first-order valence-corrected chi connectivity index (χ1v) is 12.5. The molecule has 12 heteroatoms. The minimum absolute atomic E-state index is 0.0151. The first-order valence-electron chi connectivity index (χ1n) is 11.0. The number of sulfone groups is 1. The number of hydrogen-bond acceptors (Lipinski definition) is 9. The number of nitrogens with two attached hydrogens (primary N) is 1. The predicted octanol–water partition coefficient (Wildman–Crippen LogP) is 4.28. The number of aromatic nitrogens is 4. The maximum Gasteiger partial charge on any atom is 0.270 e. The second kappa shape index (κ2) is 10.1. The van der Waals surface area contributed by atoms with E-state index in [0.717, 1.165) is 11.6 Å². The lowest BCUT2D eigenvalue weighted by atomic mass is 10.0. The summed E-state index contributed by atoms with van der Waals surface area (Å²) in [5, 5.41) is 10.3. The zero-order valence-electron chi connectivity index (χ0n) is 19.7. The molecule has 0 radical (unpaired) electrons. The Morgan fingerprint density at radius 1 is 1.06 bits per heavy atom. The van der Waals surface area contributed by atoms with Crippen LogP contribution in [0.25, 0.3) is 34.3 Å². The van der Waals surface area contributed by atoms with Crippen LogP contribution in [0.1, 0.15) is 31.4 Å². The molecule has 2 aromatic carbocycles. The highest BCUT2D eigenvalue weighted by Gasteiger charge is 2.25. The Kier molecular flexibility index (Phi) is 7.09. The Balaban J connectivity index is 1.73. The molecule has 4 rings (SSSR count). The molecule has 2 aromatic heterocycles. The second-order valence-electron chi connectivity index (χ2n) is 8.27. The van der Waals surface area contributed by atoms with Crippen molar-refractivity contribution in [1.29, 1.82) is 0 Å². The zero-order valence-corrected chi connectivity index (χ0v) is 20.6. The van der Waals surface area contributed by atoms with Crippen LogP contribution in [0.5, 0.6) is 0 Å². The molecular formula is C24H24F2N6O3S. The van der Waals surface area contributed by atoms with E-state index < -0.39 is 27.1 Å². The fraction of sp³-hybridized carbons (Fsp3) is 0.250. The summed E-state index contributed by atoms with van der Waals surface area (Å²) >= 11 is 0. The van der Waals surface area contributed by atoms with Gasteiger partial charge < -0.3 is 15.5 Å². The van der Waals surface area contributed by atoms with Gasteiger partial charge in [0.15, 0.2) is 21.3 Å². The fourth-order valence-corrected chi connectivity index (χ4v) is 4.59. The van der Waals surface area contributed by atoms with E-state index in [4.69, 9.17) is 10.2 Å². The predicted molar refractivity (Wildman–Crippen MR) is 131 cm³/mol. The molecule has 4 aromatic rings. The summed E-state index contributed by atoms with van der Waals surface area (Å²) in [5.74, 6) is 0.161. The molecule has 0 spiro atoms. The maximum atomic E-state index is 13.9. The van der Waals surface area contributed by atoms with E-state index in [0.29, 0.717) is 12.1 Å². The minimum atomic E-state index is -3.75. The quantitative estimate of drug-likeness (QED) is 0.353. The largest absolute Gasteiger partial charge is 0.414 e. The Bertz CT molecular complexity index is 1490. The Labute approximate surface area is 206 Å². The molecule has 0 saturated heterocycles. The van der Waals surface area contributed by atoms with Crippen molar-refractivity contribution in [1.82, 2.24) is 25.5 Å². The van der Waals surface area contributed by atoms with Gasteiger partial charge in [0.05, 0.1) is 22.0 Å². The molecule has 36 heavy (non-hydrogen) atoms. The minimum Gasteiger partial charge on any atom is -0.414 e. The van der Waals surface area contributed by atoms with Crippen molar-refractivity contribution in [2.45, 2.75) is 37.0 Å². The molecule has 9 nitrogen and oxygen atoms in total. The van der Waals surface area contributed by atoms with Gasteiger partial charge >= 0.3 is 0 Å². The third-order valence-corrected chi connectivity index (χ3v) is 7.65. The molecule has 0 aliphatic carbocycles. The fourth-order valence-electron chi connectivity index (χ4n) is 3.49. The van der Waals surface area contributed by atoms with Crippen LogP contribution in [-0.2, 0) is 16.4 Å². The number of anilines is 1. The van der Waals surface area contributed by atoms with Crippen molar-refractivity contribution in [2.75, 3.05) is 12.8 Å². The van der Waals surface area contributed by atoms with Gasteiger partial charge in [0.1, 0.15) is 0 Å². The Morgan fingerprint density at radius 2 is 1.75 bits per heavy atom. The molecule has 0 atom stereocenters. The summed E-state index contributed by atoms with van der Waals surface area (Å²) in [6.07, 6.45) is -1.72. The number of nitrogens with one attached hydrogen (secondary N) is 1. The third-order valence-electron chi connectivity index (χ3n) is 5.49. The molecule has 188 valence electrons. The first kappa shape index (κ1) is 25.3. The molecule has 0 fully saturated rings. The highest BCUT2D eigenvalue weighted by Crippen LogP contribution is 2.35. The number of nitrogens with zero attached hydrogens (tertiary/aromatic N) is 4. The number of nitrogen functional groups attached to an aromatic ring is 1. The van der Waals surface area contributed by atoms with Crippen LogP contribution < -0.4 is 11.1 Å². The molecule has 0 aliphatic heterocycles. The standard InChI is InChI=1S/C24H24F2N6O3S/c1-13(2)36(33,34)16-8-9-17(18(10-16)21(25)26)19-12-29-22(27)20(30-19)24-32-31-23(35-24)15-6-4-14(5-7-15)11-28-3/h4-10,12-13,21,28H,11H2,1-3H3,(H2,27,29). The Morgan fingerprint density at radius 3 is 2.39 bits per heavy atom. The third kappa shape index (κ3) is 4.95. The summed E-state index contributed by atoms with van der Waals surface area (Å²) in [7, 11) is -1.89. The van der Waals surface area contributed by atoms with Gasteiger partial charge in [-0.3, -0.25) is 0 Å². The maximum absolute atomic E-state index is 13.9. The van der Waals surface area contributed by atoms with Gasteiger partial charge in [-0.25, -0.2) is 27.2 Å². The van der Waals surface area contributed by atoms with Crippen molar-refractivity contribution in [3.63, 3.8) is 0 Å².